The maximum atomic E-state index is 11.3. The van der Waals surface area contributed by atoms with Gasteiger partial charge in [-0.25, -0.2) is 4.98 Å². The van der Waals surface area contributed by atoms with Crippen LogP contribution in [0.3, 0.4) is 0 Å². The predicted molar refractivity (Wildman–Crippen MR) is 76.7 cm³/mol. The van der Waals surface area contributed by atoms with Gasteiger partial charge < -0.3 is 19.8 Å². The number of nitrogens with zero attached hydrogens (tertiary/aromatic N) is 1. The number of nitrogens with one attached hydrogen (secondary N) is 2. The second-order valence-corrected chi connectivity index (χ2v) is 4.32. The average Bonchev–Trinajstić information content (AvgIpc) is 2.48. The van der Waals surface area contributed by atoms with Gasteiger partial charge in [0.2, 0.25) is 0 Å². The SMILES string of the molecule is COc1ccc(CNc2nc[nH]c(=O)c2Cl)cc1OC. The van der Waals surface area contributed by atoms with Crippen molar-refractivity contribution in [1.29, 1.82) is 0 Å². The maximum Gasteiger partial charge on any atom is 0.271 e. The first-order valence-electron chi connectivity index (χ1n) is 5.83. The molecule has 0 radical (unpaired) electrons. The van der Waals surface area contributed by atoms with E-state index in [0.29, 0.717) is 23.9 Å². The highest BCUT2D eigenvalue weighted by molar-refractivity contribution is 6.32. The second kappa shape index (κ2) is 6.29. The van der Waals surface area contributed by atoms with Crippen molar-refractivity contribution in [2.24, 2.45) is 0 Å². The smallest absolute Gasteiger partial charge is 0.271 e. The third kappa shape index (κ3) is 3.03. The summed E-state index contributed by atoms with van der Waals surface area (Å²) in [5.41, 5.74) is 0.567. The molecule has 2 rings (SSSR count). The molecule has 1 heterocycles. The van der Waals surface area contributed by atoms with Gasteiger partial charge in [0.25, 0.3) is 5.56 Å². The van der Waals surface area contributed by atoms with Crippen molar-refractivity contribution in [3.05, 3.63) is 45.5 Å². The van der Waals surface area contributed by atoms with Crippen LogP contribution in [0.15, 0.2) is 29.3 Å². The summed E-state index contributed by atoms with van der Waals surface area (Å²) in [5, 5.41) is 3.03. The van der Waals surface area contributed by atoms with Gasteiger partial charge in [0.15, 0.2) is 17.3 Å². The molecule has 6 nitrogen and oxygen atoms in total. The van der Waals surface area contributed by atoms with Gasteiger partial charge in [0.05, 0.1) is 20.5 Å². The highest BCUT2D eigenvalue weighted by Crippen LogP contribution is 2.27. The van der Waals surface area contributed by atoms with Gasteiger partial charge >= 0.3 is 0 Å². The van der Waals surface area contributed by atoms with Crippen LogP contribution < -0.4 is 20.3 Å². The lowest BCUT2D eigenvalue weighted by atomic mass is 10.2. The Bertz CT molecular complexity index is 658. The number of ether oxygens (including phenoxy) is 2. The molecule has 0 fully saturated rings. The van der Waals surface area contributed by atoms with Gasteiger partial charge in [0.1, 0.15) is 5.02 Å². The van der Waals surface area contributed by atoms with Crippen LogP contribution in [-0.2, 0) is 6.54 Å². The molecular formula is C13H14ClN3O3. The van der Waals surface area contributed by atoms with Crippen molar-refractivity contribution in [3.8, 4) is 11.5 Å². The fraction of sp³-hybridized carbons (Fsp3) is 0.231. The number of aromatic amines is 1. The van der Waals surface area contributed by atoms with Gasteiger partial charge in [-0.05, 0) is 17.7 Å². The van der Waals surface area contributed by atoms with E-state index in [2.05, 4.69) is 15.3 Å². The quantitative estimate of drug-likeness (QED) is 0.883. The standard InChI is InChI=1S/C13H14ClN3O3/c1-19-9-4-3-8(5-10(9)20-2)6-15-12-11(14)13(18)17-7-16-12/h3-5,7H,6H2,1-2H3,(H2,15,16,17,18). The Kier molecular flexibility index (Phi) is 4.47. The van der Waals surface area contributed by atoms with E-state index in [1.165, 1.54) is 6.33 Å². The van der Waals surface area contributed by atoms with Crippen LogP contribution in [0.5, 0.6) is 11.5 Å². The lowest BCUT2D eigenvalue weighted by Crippen LogP contribution is -2.11. The minimum Gasteiger partial charge on any atom is -0.493 e. The lowest BCUT2D eigenvalue weighted by Gasteiger charge is -2.10. The molecule has 2 aromatic rings. The Labute approximate surface area is 120 Å². The number of hydrogen-bond acceptors (Lipinski definition) is 5. The summed E-state index contributed by atoms with van der Waals surface area (Å²) >= 11 is 5.85. The molecule has 106 valence electrons. The monoisotopic (exact) mass is 295 g/mol. The number of benzene rings is 1. The van der Waals surface area contributed by atoms with E-state index in [9.17, 15) is 4.79 Å². The molecule has 1 aromatic heterocycles. The number of rotatable bonds is 5. The van der Waals surface area contributed by atoms with E-state index in [-0.39, 0.29) is 10.6 Å². The van der Waals surface area contributed by atoms with E-state index < -0.39 is 0 Å². The Morgan fingerprint density at radius 2 is 2.05 bits per heavy atom. The average molecular weight is 296 g/mol. The van der Waals surface area contributed by atoms with Gasteiger partial charge in [-0.1, -0.05) is 17.7 Å². The zero-order valence-electron chi connectivity index (χ0n) is 11.1. The minimum atomic E-state index is -0.378. The van der Waals surface area contributed by atoms with Crippen LogP contribution in [0.2, 0.25) is 5.02 Å². The van der Waals surface area contributed by atoms with Crippen molar-refractivity contribution < 1.29 is 9.47 Å². The van der Waals surface area contributed by atoms with E-state index in [0.717, 1.165) is 5.56 Å². The zero-order chi connectivity index (χ0) is 14.5. The molecule has 0 aliphatic carbocycles. The Balaban J connectivity index is 2.15. The molecule has 0 atom stereocenters. The topological polar surface area (TPSA) is 76.2 Å². The van der Waals surface area contributed by atoms with Crippen LogP contribution in [-0.4, -0.2) is 24.2 Å². The fourth-order valence-corrected chi connectivity index (χ4v) is 1.85. The van der Waals surface area contributed by atoms with Crippen LogP contribution in [0.4, 0.5) is 5.82 Å². The zero-order valence-corrected chi connectivity index (χ0v) is 11.8. The van der Waals surface area contributed by atoms with Crippen molar-refractivity contribution in [1.82, 2.24) is 9.97 Å². The molecule has 0 saturated carbocycles. The first-order chi connectivity index (χ1) is 9.65. The van der Waals surface area contributed by atoms with Crippen LogP contribution in [0, 0.1) is 0 Å². The molecule has 2 N–H and O–H groups in total. The van der Waals surface area contributed by atoms with Crippen molar-refractivity contribution >= 4 is 17.4 Å². The molecule has 0 amide bonds. The summed E-state index contributed by atoms with van der Waals surface area (Å²) in [7, 11) is 3.15. The van der Waals surface area contributed by atoms with Gasteiger partial charge in [-0.3, -0.25) is 4.79 Å². The Morgan fingerprint density at radius 3 is 2.75 bits per heavy atom. The third-order valence-corrected chi connectivity index (χ3v) is 3.06. The summed E-state index contributed by atoms with van der Waals surface area (Å²) in [4.78, 5) is 17.7. The third-order valence-electron chi connectivity index (χ3n) is 2.70. The lowest BCUT2D eigenvalue weighted by molar-refractivity contribution is 0.354. The number of halogens is 1. The summed E-state index contributed by atoms with van der Waals surface area (Å²) in [6.45, 7) is 0.455. The first-order valence-corrected chi connectivity index (χ1v) is 6.21. The molecule has 0 saturated heterocycles. The van der Waals surface area contributed by atoms with Gasteiger partial charge in [0, 0.05) is 6.54 Å². The number of anilines is 1. The molecular weight excluding hydrogens is 282 g/mol. The maximum absolute atomic E-state index is 11.3. The minimum absolute atomic E-state index is 0.0352. The van der Waals surface area contributed by atoms with Crippen molar-refractivity contribution in [2.45, 2.75) is 6.54 Å². The fourth-order valence-electron chi connectivity index (χ4n) is 1.68. The van der Waals surface area contributed by atoms with E-state index in [4.69, 9.17) is 21.1 Å². The van der Waals surface area contributed by atoms with E-state index >= 15 is 0 Å². The van der Waals surface area contributed by atoms with Crippen molar-refractivity contribution in [3.63, 3.8) is 0 Å². The summed E-state index contributed by atoms with van der Waals surface area (Å²) in [5.74, 6) is 1.63. The normalized spacial score (nSPS) is 10.2. The van der Waals surface area contributed by atoms with E-state index in [1.807, 2.05) is 18.2 Å². The summed E-state index contributed by atoms with van der Waals surface area (Å²) in [6.07, 6.45) is 1.30. The molecule has 0 unspecified atom stereocenters. The molecule has 0 bridgehead atoms. The Hall–Kier alpha value is -2.21. The number of H-pyrrole nitrogens is 1. The molecule has 20 heavy (non-hydrogen) atoms. The Morgan fingerprint density at radius 1 is 1.30 bits per heavy atom. The number of methoxy groups -OCH3 is 2. The van der Waals surface area contributed by atoms with Gasteiger partial charge in [-0.15, -0.1) is 0 Å². The molecule has 1 aromatic carbocycles. The van der Waals surface area contributed by atoms with Crippen LogP contribution in [0.1, 0.15) is 5.56 Å². The highest BCUT2D eigenvalue weighted by atomic mass is 35.5. The van der Waals surface area contributed by atoms with Crippen LogP contribution in [0.25, 0.3) is 0 Å². The largest absolute Gasteiger partial charge is 0.493 e. The molecule has 7 heteroatoms. The molecule has 0 aliphatic rings. The molecule has 0 spiro atoms. The number of aromatic nitrogens is 2. The highest BCUT2D eigenvalue weighted by Gasteiger charge is 2.07. The summed E-state index contributed by atoms with van der Waals surface area (Å²) < 4.78 is 10.4. The number of hydrogen-bond donors (Lipinski definition) is 2. The first kappa shape index (κ1) is 14.2. The van der Waals surface area contributed by atoms with Crippen molar-refractivity contribution in [2.75, 3.05) is 19.5 Å². The predicted octanol–water partition coefficient (Wildman–Crippen LogP) is 2.05. The van der Waals surface area contributed by atoms with Crippen LogP contribution >= 0.6 is 11.6 Å². The second-order valence-electron chi connectivity index (χ2n) is 3.94. The van der Waals surface area contributed by atoms with E-state index in [1.54, 1.807) is 14.2 Å². The molecule has 0 aliphatic heterocycles. The van der Waals surface area contributed by atoms with Gasteiger partial charge in [-0.2, -0.15) is 0 Å². The summed E-state index contributed by atoms with van der Waals surface area (Å²) in [6, 6.07) is 5.53.